The van der Waals surface area contributed by atoms with Gasteiger partial charge in [0.2, 0.25) is 5.95 Å². The highest BCUT2D eigenvalue weighted by Gasteiger charge is 2.27. The van der Waals surface area contributed by atoms with E-state index < -0.39 is 27.6 Å². The van der Waals surface area contributed by atoms with Gasteiger partial charge in [0, 0.05) is 17.8 Å². The number of amides is 1. The highest BCUT2D eigenvalue weighted by molar-refractivity contribution is 7.91. The number of rotatable bonds is 5. The number of benzene rings is 1. The molecule has 0 saturated heterocycles. The van der Waals surface area contributed by atoms with E-state index in [-0.39, 0.29) is 23.7 Å². The quantitative estimate of drug-likeness (QED) is 0.637. The van der Waals surface area contributed by atoms with E-state index in [1.165, 1.54) is 18.3 Å². The molecular formula is C17H18FN5O4S. The molecular weight excluding hydrogens is 389 g/mol. The second-order valence-electron chi connectivity index (χ2n) is 6.73. The minimum absolute atomic E-state index is 0.0305. The van der Waals surface area contributed by atoms with Crippen LogP contribution in [-0.4, -0.2) is 37.3 Å². The summed E-state index contributed by atoms with van der Waals surface area (Å²) in [6.07, 6.45) is 1.20. The van der Waals surface area contributed by atoms with Gasteiger partial charge < -0.3 is 15.8 Å². The van der Waals surface area contributed by atoms with Crippen LogP contribution in [0.3, 0.4) is 0 Å². The number of carbonyl (C=O) groups is 1. The minimum atomic E-state index is -3.89. The summed E-state index contributed by atoms with van der Waals surface area (Å²) in [5.74, 6) is -1.13. The maximum Gasteiger partial charge on any atom is 0.344 e. The first-order valence-electron chi connectivity index (χ1n) is 8.15. The van der Waals surface area contributed by atoms with Crippen molar-refractivity contribution < 1.29 is 22.3 Å². The van der Waals surface area contributed by atoms with Crippen LogP contribution in [0.25, 0.3) is 0 Å². The Balaban J connectivity index is 1.74. The number of anilines is 1. The zero-order valence-corrected chi connectivity index (χ0v) is 15.9. The van der Waals surface area contributed by atoms with Crippen molar-refractivity contribution in [1.29, 1.82) is 0 Å². The van der Waals surface area contributed by atoms with Gasteiger partial charge in [-0.1, -0.05) is 6.07 Å². The smallest absolute Gasteiger partial charge is 0.344 e. The molecule has 3 rings (SSSR count). The normalized spacial score (nSPS) is 15.0. The average molecular weight is 407 g/mol. The van der Waals surface area contributed by atoms with Crippen LogP contribution in [0.1, 0.15) is 29.8 Å². The predicted octanol–water partition coefficient (Wildman–Crippen LogP) is 1.18. The Morgan fingerprint density at radius 3 is 2.82 bits per heavy atom. The standard InChI is InChI=1S/C17H18FN5O4S/c1-17(2,21-16(24)10-6-7-20-13(18)8-10)9-27-12-5-3-4-11-14(12)15(19)23-28(25,26)22-11/h3-8,22H,9H2,1-2H3,(H2,19,23)(H,21,24). The van der Waals surface area contributed by atoms with Crippen LogP contribution in [-0.2, 0) is 10.2 Å². The summed E-state index contributed by atoms with van der Waals surface area (Å²) in [5, 5.41) is 2.74. The fraction of sp³-hybridized carbons (Fsp3) is 0.235. The van der Waals surface area contributed by atoms with Gasteiger partial charge in [0.1, 0.15) is 12.4 Å². The Hall–Kier alpha value is -3.21. The topological polar surface area (TPSA) is 136 Å². The van der Waals surface area contributed by atoms with Gasteiger partial charge in [0.25, 0.3) is 5.91 Å². The summed E-state index contributed by atoms with van der Waals surface area (Å²) in [5.41, 5.74) is 5.63. The van der Waals surface area contributed by atoms with Crippen LogP contribution in [0.2, 0.25) is 0 Å². The molecule has 0 saturated carbocycles. The number of nitrogens with one attached hydrogen (secondary N) is 2. The maximum absolute atomic E-state index is 13.2. The highest BCUT2D eigenvalue weighted by atomic mass is 32.2. The van der Waals surface area contributed by atoms with Crippen LogP contribution in [0.5, 0.6) is 5.75 Å². The van der Waals surface area contributed by atoms with Gasteiger partial charge in [0.05, 0.1) is 16.8 Å². The van der Waals surface area contributed by atoms with Gasteiger partial charge in [0.15, 0.2) is 5.84 Å². The number of nitrogens with two attached hydrogens (primary N) is 1. The molecule has 1 aliphatic rings. The van der Waals surface area contributed by atoms with Crippen LogP contribution < -0.4 is 20.5 Å². The van der Waals surface area contributed by atoms with Crippen LogP contribution >= 0.6 is 0 Å². The van der Waals surface area contributed by atoms with E-state index in [9.17, 15) is 17.6 Å². The van der Waals surface area contributed by atoms with E-state index in [1.807, 2.05) is 0 Å². The van der Waals surface area contributed by atoms with E-state index >= 15 is 0 Å². The SMILES string of the molecule is CC(C)(COc1cccc2c1C(N)=NS(=O)(=O)N2)NC(=O)c1ccnc(F)c1. The van der Waals surface area contributed by atoms with E-state index in [0.717, 1.165) is 6.07 Å². The molecule has 11 heteroatoms. The van der Waals surface area contributed by atoms with Crippen molar-refractivity contribution in [3.63, 3.8) is 0 Å². The van der Waals surface area contributed by atoms with Gasteiger partial charge in [-0.05, 0) is 32.0 Å². The number of nitrogens with zero attached hydrogens (tertiary/aromatic N) is 2. The van der Waals surface area contributed by atoms with Crippen molar-refractivity contribution in [2.24, 2.45) is 10.1 Å². The maximum atomic E-state index is 13.2. The zero-order chi connectivity index (χ0) is 20.5. The zero-order valence-electron chi connectivity index (χ0n) is 15.1. The van der Waals surface area contributed by atoms with Crippen molar-refractivity contribution >= 4 is 27.6 Å². The molecule has 1 aliphatic heterocycles. The number of carbonyl (C=O) groups excluding carboxylic acids is 1. The molecule has 0 radical (unpaired) electrons. The second-order valence-corrected chi connectivity index (χ2v) is 8.06. The number of fused-ring (bicyclic) bond motifs is 1. The number of aromatic nitrogens is 1. The van der Waals surface area contributed by atoms with Crippen molar-refractivity contribution in [1.82, 2.24) is 10.3 Å². The third-order valence-electron chi connectivity index (χ3n) is 3.77. The average Bonchev–Trinajstić information content (AvgIpc) is 2.58. The number of ether oxygens (including phenoxy) is 1. The van der Waals surface area contributed by atoms with E-state index in [1.54, 1.807) is 26.0 Å². The highest BCUT2D eigenvalue weighted by Crippen LogP contribution is 2.30. The molecule has 28 heavy (non-hydrogen) atoms. The summed E-state index contributed by atoms with van der Waals surface area (Å²) in [6, 6.07) is 7.17. The number of pyridine rings is 1. The van der Waals surface area contributed by atoms with E-state index in [4.69, 9.17) is 10.5 Å². The Morgan fingerprint density at radius 1 is 1.36 bits per heavy atom. The molecule has 2 heterocycles. The Labute approximate surface area is 161 Å². The van der Waals surface area contributed by atoms with Crippen molar-refractivity contribution in [3.8, 4) is 5.75 Å². The Kier molecular flexibility index (Phi) is 4.94. The third kappa shape index (κ3) is 4.36. The predicted molar refractivity (Wildman–Crippen MR) is 101 cm³/mol. The first-order valence-corrected chi connectivity index (χ1v) is 9.59. The lowest BCUT2D eigenvalue weighted by atomic mass is 10.1. The lowest BCUT2D eigenvalue weighted by molar-refractivity contribution is 0.0880. The van der Waals surface area contributed by atoms with Crippen LogP contribution in [0.4, 0.5) is 10.1 Å². The number of amidine groups is 1. The van der Waals surface area contributed by atoms with E-state index in [0.29, 0.717) is 11.3 Å². The summed E-state index contributed by atoms with van der Waals surface area (Å²) in [6.45, 7) is 3.47. The van der Waals surface area contributed by atoms with Gasteiger partial charge in [-0.3, -0.25) is 9.52 Å². The largest absolute Gasteiger partial charge is 0.490 e. The van der Waals surface area contributed by atoms with E-state index in [2.05, 4.69) is 19.4 Å². The third-order valence-corrected chi connectivity index (χ3v) is 4.68. The monoisotopic (exact) mass is 407 g/mol. The van der Waals surface area contributed by atoms with Gasteiger partial charge in [-0.25, -0.2) is 4.98 Å². The molecule has 9 nitrogen and oxygen atoms in total. The number of hydrogen-bond donors (Lipinski definition) is 3. The molecule has 1 aromatic carbocycles. The van der Waals surface area contributed by atoms with Crippen molar-refractivity contribution in [3.05, 3.63) is 53.6 Å². The second kappa shape index (κ2) is 7.08. The number of hydrogen-bond acceptors (Lipinski definition) is 6. The first kappa shape index (κ1) is 19.5. The molecule has 0 aliphatic carbocycles. The van der Waals surface area contributed by atoms with Crippen LogP contribution in [0, 0.1) is 5.95 Å². The molecule has 0 atom stereocenters. The van der Waals surface area contributed by atoms with Crippen molar-refractivity contribution in [2.75, 3.05) is 11.3 Å². The fourth-order valence-corrected chi connectivity index (χ4v) is 3.40. The first-order chi connectivity index (χ1) is 13.1. The van der Waals surface area contributed by atoms with Crippen LogP contribution in [0.15, 0.2) is 40.9 Å². The molecule has 0 fully saturated rings. The lowest BCUT2D eigenvalue weighted by Crippen LogP contribution is -2.48. The summed E-state index contributed by atoms with van der Waals surface area (Å²) in [7, 11) is -3.89. The molecule has 2 aromatic rings. The van der Waals surface area contributed by atoms with Crippen molar-refractivity contribution in [2.45, 2.75) is 19.4 Å². The molecule has 0 spiro atoms. The molecule has 0 bridgehead atoms. The fourth-order valence-electron chi connectivity index (χ4n) is 2.56. The summed E-state index contributed by atoms with van der Waals surface area (Å²) >= 11 is 0. The molecule has 0 unspecified atom stereocenters. The van der Waals surface area contributed by atoms with Gasteiger partial charge in [-0.15, -0.1) is 4.40 Å². The minimum Gasteiger partial charge on any atom is -0.490 e. The summed E-state index contributed by atoms with van der Waals surface area (Å²) in [4.78, 5) is 15.7. The lowest BCUT2D eigenvalue weighted by Gasteiger charge is -2.27. The molecule has 1 amide bonds. The van der Waals surface area contributed by atoms with Gasteiger partial charge >= 0.3 is 10.2 Å². The molecule has 148 valence electrons. The Bertz CT molecular complexity index is 1070. The van der Waals surface area contributed by atoms with Gasteiger partial charge in [-0.2, -0.15) is 12.8 Å². The molecule has 1 aromatic heterocycles. The number of halogens is 1. The molecule has 4 N–H and O–H groups in total. The summed E-state index contributed by atoms with van der Waals surface area (Å²) < 4.78 is 47.9. The Morgan fingerprint density at radius 2 is 2.11 bits per heavy atom.